The quantitative estimate of drug-likeness (QED) is 0.662. The van der Waals surface area contributed by atoms with Gasteiger partial charge in [-0.3, -0.25) is 14.4 Å². The summed E-state index contributed by atoms with van der Waals surface area (Å²) in [5.74, 6) is 0.0668. The highest BCUT2D eigenvalue weighted by atomic mass is 16.5. The highest BCUT2D eigenvalue weighted by molar-refractivity contribution is 5.98. The summed E-state index contributed by atoms with van der Waals surface area (Å²) in [6.45, 7) is 3.40. The molecule has 34 heavy (non-hydrogen) atoms. The first-order chi connectivity index (χ1) is 16.5. The van der Waals surface area contributed by atoms with Crippen LogP contribution in [-0.2, 0) is 14.4 Å². The van der Waals surface area contributed by atoms with Crippen molar-refractivity contribution in [2.45, 2.75) is 12.5 Å². The van der Waals surface area contributed by atoms with E-state index in [-0.39, 0.29) is 24.1 Å². The van der Waals surface area contributed by atoms with Crippen LogP contribution in [0.3, 0.4) is 0 Å². The van der Waals surface area contributed by atoms with Gasteiger partial charge in [-0.1, -0.05) is 30.3 Å². The van der Waals surface area contributed by atoms with Crippen LogP contribution in [-0.4, -0.2) is 79.9 Å². The van der Waals surface area contributed by atoms with Gasteiger partial charge in [0.25, 0.3) is 0 Å². The number of ether oxygens (including phenoxy) is 1. The van der Waals surface area contributed by atoms with E-state index in [0.29, 0.717) is 26.2 Å². The molecule has 2 aliphatic rings. The zero-order valence-electron chi connectivity index (χ0n) is 19.4. The van der Waals surface area contributed by atoms with Gasteiger partial charge in [0.05, 0.1) is 13.5 Å². The van der Waals surface area contributed by atoms with E-state index in [1.165, 1.54) is 11.0 Å². The molecule has 0 aliphatic carbocycles. The Morgan fingerprint density at radius 2 is 1.71 bits per heavy atom. The van der Waals surface area contributed by atoms with Gasteiger partial charge in [0.2, 0.25) is 17.7 Å². The van der Waals surface area contributed by atoms with E-state index in [0.717, 1.165) is 30.1 Å². The van der Waals surface area contributed by atoms with Crippen molar-refractivity contribution < 1.29 is 19.1 Å². The predicted octanol–water partition coefficient (Wildman–Crippen LogP) is 1.77. The van der Waals surface area contributed by atoms with Crippen molar-refractivity contribution in [3.63, 3.8) is 0 Å². The average molecular weight is 463 g/mol. The summed E-state index contributed by atoms with van der Waals surface area (Å²) in [7, 11) is 1.60. The topological polar surface area (TPSA) is 82.2 Å². The number of benzene rings is 2. The maximum atomic E-state index is 13.0. The summed E-state index contributed by atoms with van der Waals surface area (Å²) in [5, 5.41) is 2.79. The van der Waals surface area contributed by atoms with Crippen LogP contribution in [0.1, 0.15) is 12.0 Å². The molecule has 0 spiro atoms. The zero-order valence-corrected chi connectivity index (χ0v) is 19.4. The number of piperazine rings is 2. The number of para-hydroxylation sites is 1. The second kappa shape index (κ2) is 10.9. The number of nitrogens with one attached hydrogen (secondary N) is 1. The molecule has 2 aromatic rings. The van der Waals surface area contributed by atoms with Crippen molar-refractivity contribution >= 4 is 29.5 Å². The van der Waals surface area contributed by atoms with E-state index in [4.69, 9.17) is 4.74 Å². The van der Waals surface area contributed by atoms with E-state index < -0.39 is 6.04 Å². The molecule has 178 valence electrons. The summed E-state index contributed by atoms with van der Waals surface area (Å²) >= 11 is 0. The van der Waals surface area contributed by atoms with Crippen molar-refractivity contribution in [1.29, 1.82) is 0 Å². The van der Waals surface area contributed by atoms with Gasteiger partial charge in [-0.25, -0.2) is 0 Å². The van der Waals surface area contributed by atoms with Crippen LogP contribution in [0.4, 0.5) is 5.69 Å². The average Bonchev–Trinajstić information content (AvgIpc) is 2.89. The van der Waals surface area contributed by atoms with Gasteiger partial charge in [-0.05, 0) is 35.9 Å². The molecular weight excluding hydrogens is 432 g/mol. The Kier molecular flexibility index (Phi) is 7.47. The van der Waals surface area contributed by atoms with E-state index in [1.807, 2.05) is 42.5 Å². The Morgan fingerprint density at radius 1 is 1.00 bits per heavy atom. The molecular formula is C26H30N4O4. The van der Waals surface area contributed by atoms with Crippen LogP contribution in [0.15, 0.2) is 60.7 Å². The zero-order chi connectivity index (χ0) is 23.9. The maximum absolute atomic E-state index is 13.0. The molecule has 0 saturated carbocycles. The molecule has 2 fully saturated rings. The first-order valence-corrected chi connectivity index (χ1v) is 11.5. The van der Waals surface area contributed by atoms with Gasteiger partial charge in [0.1, 0.15) is 11.8 Å². The molecule has 8 heteroatoms. The second-order valence-electron chi connectivity index (χ2n) is 8.35. The molecule has 0 radical (unpaired) electrons. The van der Waals surface area contributed by atoms with Crippen molar-refractivity contribution in [2.75, 3.05) is 51.3 Å². The number of nitrogens with zero attached hydrogens (tertiary/aromatic N) is 3. The van der Waals surface area contributed by atoms with Crippen molar-refractivity contribution in [1.82, 2.24) is 15.1 Å². The summed E-state index contributed by atoms with van der Waals surface area (Å²) < 4.78 is 5.15. The Balaban J connectivity index is 1.36. The fourth-order valence-corrected chi connectivity index (χ4v) is 4.31. The number of amides is 3. The minimum atomic E-state index is -0.804. The first kappa shape index (κ1) is 23.4. The molecule has 0 bridgehead atoms. The highest BCUT2D eigenvalue weighted by Gasteiger charge is 2.35. The number of hydrogen-bond acceptors (Lipinski definition) is 5. The minimum absolute atomic E-state index is 0.0146. The Morgan fingerprint density at radius 3 is 2.38 bits per heavy atom. The standard InChI is InChI=1S/C26H30N4O4/c1-34-22-10-7-20(8-11-22)9-12-24(31)30-14-13-27-26(33)23(30)19-25(32)29-17-15-28(16-18-29)21-5-3-2-4-6-21/h2-12,23H,13-19H2,1H3,(H,27,33)/b12-9+/t23-/m0/s1. The number of methoxy groups -OCH3 is 1. The number of anilines is 1. The van der Waals surface area contributed by atoms with E-state index in [2.05, 4.69) is 22.3 Å². The smallest absolute Gasteiger partial charge is 0.247 e. The van der Waals surface area contributed by atoms with Crippen molar-refractivity contribution in [2.24, 2.45) is 0 Å². The van der Waals surface area contributed by atoms with Gasteiger partial charge in [0, 0.05) is 51.0 Å². The Labute approximate surface area is 199 Å². The number of carbonyl (C=O) groups is 3. The van der Waals surface area contributed by atoms with E-state index >= 15 is 0 Å². The predicted molar refractivity (Wildman–Crippen MR) is 130 cm³/mol. The fourth-order valence-electron chi connectivity index (χ4n) is 4.31. The molecule has 4 rings (SSSR count). The lowest BCUT2D eigenvalue weighted by atomic mass is 10.1. The van der Waals surface area contributed by atoms with Gasteiger partial charge < -0.3 is 24.8 Å². The van der Waals surface area contributed by atoms with Gasteiger partial charge in [-0.15, -0.1) is 0 Å². The summed E-state index contributed by atoms with van der Waals surface area (Å²) in [5.41, 5.74) is 1.99. The number of hydrogen-bond donors (Lipinski definition) is 1. The van der Waals surface area contributed by atoms with Gasteiger partial charge in [0.15, 0.2) is 0 Å². The van der Waals surface area contributed by atoms with Crippen LogP contribution >= 0.6 is 0 Å². The van der Waals surface area contributed by atoms with Crippen LogP contribution in [0.5, 0.6) is 5.75 Å². The molecule has 0 aromatic heterocycles. The molecule has 1 atom stereocenters. The summed E-state index contributed by atoms with van der Waals surface area (Å²) in [6, 6.07) is 16.6. The van der Waals surface area contributed by atoms with E-state index in [1.54, 1.807) is 18.1 Å². The third kappa shape index (κ3) is 5.57. The Hall–Kier alpha value is -3.81. The lowest BCUT2D eigenvalue weighted by molar-refractivity contribution is -0.144. The van der Waals surface area contributed by atoms with Crippen LogP contribution in [0.2, 0.25) is 0 Å². The molecule has 2 aliphatic heterocycles. The molecule has 8 nitrogen and oxygen atoms in total. The highest BCUT2D eigenvalue weighted by Crippen LogP contribution is 2.18. The van der Waals surface area contributed by atoms with Crippen molar-refractivity contribution in [3.05, 3.63) is 66.2 Å². The normalized spacial score (nSPS) is 18.7. The molecule has 0 unspecified atom stereocenters. The first-order valence-electron chi connectivity index (χ1n) is 11.5. The fraction of sp³-hybridized carbons (Fsp3) is 0.346. The van der Waals surface area contributed by atoms with Crippen molar-refractivity contribution in [3.8, 4) is 5.75 Å². The number of rotatable bonds is 6. The molecule has 2 heterocycles. The second-order valence-corrected chi connectivity index (χ2v) is 8.35. The largest absolute Gasteiger partial charge is 0.497 e. The number of carbonyl (C=O) groups excluding carboxylic acids is 3. The molecule has 1 N–H and O–H groups in total. The van der Waals surface area contributed by atoms with E-state index in [9.17, 15) is 14.4 Å². The molecule has 3 amide bonds. The lowest BCUT2D eigenvalue weighted by Gasteiger charge is -2.38. The minimum Gasteiger partial charge on any atom is -0.497 e. The summed E-state index contributed by atoms with van der Waals surface area (Å²) in [6.07, 6.45) is 3.14. The molecule has 2 saturated heterocycles. The monoisotopic (exact) mass is 462 g/mol. The third-order valence-electron chi connectivity index (χ3n) is 6.27. The lowest BCUT2D eigenvalue weighted by Crippen LogP contribution is -2.59. The van der Waals surface area contributed by atoms with Gasteiger partial charge >= 0.3 is 0 Å². The SMILES string of the molecule is COc1ccc(/C=C/C(=O)N2CCNC(=O)[C@@H]2CC(=O)N2CCN(c3ccccc3)CC2)cc1. The van der Waals surface area contributed by atoms with Crippen LogP contribution < -0.4 is 15.0 Å². The Bertz CT molecular complexity index is 1030. The van der Waals surface area contributed by atoms with Gasteiger partial charge in [-0.2, -0.15) is 0 Å². The van der Waals surface area contributed by atoms with Crippen LogP contribution in [0.25, 0.3) is 6.08 Å². The third-order valence-corrected chi connectivity index (χ3v) is 6.27. The maximum Gasteiger partial charge on any atom is 0.247 e. The molecule has 2 aromatic carbocycles. The van der Waals surface area contributed by atoms with Crippen LogP contribution in [0, 0.1) is 0 Å². The summed E-state index contributed by atoms with van der Waals surface area (Å²) in [4.78, 5) is 44.1.